The second-order valence-electron chi connectivity index (χ2n) is 8.43. The maximum Gasteiger partial charge on any atom is 0.410 e. The summed E-state index contributed by atoms with van der Waals surface area (Å²) in [6.07, 6.45) is 2.36. The van der Waals surface area contributed by atoms with Crippen LogP contribution in [-0.2, 0) is 4.74 Å². The Labute approximate surface area is 141 Å². The third-order valence-electron chi connectivity index (χ3n) is 4.66. The molecule has 0 radical (unpaired) electrons. The van der Waals surface area contributed by atoms with Crippen molar-refractivity contribution in [2.24, 2.45) is 5.92 Å². The first-order valence-electron chi connectivity index (χ1n) is 9.19. The zero-order valence-corrected chi connectivity index (χ0v) is 15.7. The molecule has 0 aromatic rings. The van der Waals surface area contributed by atoms with Crippen molar-refractivity contribution in [1.82, 2.24) is 14.7 Å². The van der Waals surface area contributed by atoms with Gasteiger partial charge < -0.3 is 14.5 Å². The van der Waals surface area contributed by atoms with E-state index < -0.39 is 5.60 Å². The average Bonchev–Trinajstić information content (AvgIpc) is 2.46. The van der Waals surface area contributed by atoms with Gasteiger partial charge in [-0.05, 0) is 52.6 Å². The Morgan fingerprint density at radius 2 is 1.61 bits per heavy atom. The summed E-state index contributed by atoms with van der Waals surface area (Å²) in [6, 6.07) is 0.694. The lowest BCUT2D eigenvalue weighted by Crippen LogP contribution is -2.55. The summed E-state index contributed by atoms with van der Waals surface area (Å²) >= 11 is 0. The van der Waals surface area contributed by atoms with E-state index >= 15 is 0 Å². The molecule has 0 N–H and O–H groups in total. The van der Waals surface area contributed by atoms with Crippen LogP contribution in [0.15, 0.2) is 0 Å². The van der Waals surface area contributed by atoms with Gasteiger partial charge in [-0.15, -0.1) is 0 Å². The summed E-state index contributed by atoms with van der Waals surface area (Å²) in [4.78, 5) is 19.1. The van der Waals surface area contributed by atoms with Crippen molar-refractivity contribution >= 4 is 6.09 Å². The van der Waals surface area contributed by atoms with Crippen molar-refractivity contribution in [3.63, 3.8) is 0 Å². The van der Waals surface area contributed by atoms with Gasteiger partial charge in [-0.1, -0.05) is 13.8 Å². The third-order valence-corrected chi connectivity index (χ3v) is 4.66. The highest BCUT2D eigenvalue weighted by Crippen LogP contribution is 2.20. The maximum absolute atomic E-state index is 12.1. The number of amides is 1. The van der Waals surface area contributed by atoms with Crippen LogP contribution in [0.2, 0.25) is 0 Å². The van der Waals surface area contributed by atoms with Gasteiger partial charge in [0.15, 0.2) is 0 Å². The molecular weight excluding hydrogens is 290 g/mol. The van der Waals surface area contributed by atoms with E-state index in [9.17, 15) is 4.79 Å². The topological polar surface area (TPSA) is 36.0 Å². The van der Waals surface area contributed by atoms with Crippen LogP contribution < -0.4 is 0 Å². The Hall–Kier alpha value is -0.810. The number of piperazine rings is 1. The quantitative estimate of drug-likeness (QED) is 0.799. The number of hydrogen-bond acceptors (Lipinski definition) is 4. The number of likely N-dealkylation sites (tertiary alicyclic amines) is 1. The molecule has 2 rings (SSSR count). The van der Waals surface area contributed by atoms with Crippen molar-refractivity contribution in [1.29, 1.82) is 0 Å². The van der Waals surface area contributed by atoms with Crippen molar-refractivity contribution in [2.75, 3.05) is 45.8 Å². The molecular formula is C18H35N3O2. The second kappa shape index (κ2) is 7.84. The summed E-state index contributed by atoms with van der Waals surface area (Å²) in [5, 5.41) is 0. The van der Waals surface area contributed by atoms with Crippen LogP contribution in [0.25, 0.3) is 0 Å². The fraction of sp³-hybridized carbons (Fsp3) is 0.944. The Kier molecular flexibility index (Phi) is 6.32. The molecule has 2 saturated heterocycles. The summed E-state index contributed by atoms with van der Waals surface area (Å²) < 4.78 is 5.47. The molecule has 0 saturated carbocycles. The van der Waals surface area contributed by atoms with Gasteiger partial charge in [0.25, 0.3) is 0 Å². The minimum atomic E-state index is -0.405. The van der Waals surface area contributed by atoms with Crippen molar-refractivity contribution in [3.8, 4) is 0 Å². The lowest BCUT2D eigenvalue weighted by Gasteiger charge is -2.43. The Balaban J connectivity index is 1.72. The van der Waals surface area contributed by atoms with Gasteiger partial charge in [-0.25, -0.2) is 4.79 Å². The van der Waals surface area contributed by atoms with Crippen LogP contribution in [0.4, 0.5) is 4.79 Å². The summed E-state index contributed by atoms with van der Waals surface area (Å²) in [6.45, 7) is 17.6. The van der Waals surface area contributed by atoms with E-state index in [0.29, 0.717) is 6.04 Å². The smallest absolute Gasteiger partial charge is 0.410 e. The number of carbonyl (C=O) groups excluding carboxylic acids is 1. The molecule has 1 amide bonds. The van der Waals surface area contributed by atoms with E-state index in [1.165, 1.54) is 32.5 Å². The molecule has 0 aliphatic carbocycles. The van der Waals surface area contributed by atoms with E-state index in [1.54, 1.807) is 0 Å². The Morgan fingerprint density at radius 3 is 2.09 bits per heavy atom. The predicted octanol–water partition coefficient (Wildman–Crippen LogP) is 2.66. The van der Waals surface area contributed by atoms with Crippen LogP contribution >= 0.6 is 0 Å². The van der Waals surface area contributed by atoms with Crippen LogP contribution in [0.5, 0.6) is 0 Å². The Morgan fingerprint density at radius 1 is 1.04 bits per heavy atom. The SMILES string of the molecule is CC(C)CN1CCC(N2CCN(C(=O)OC(C)(C)C)CC2)CC1. The lowest BCUT2D eigenvalue weighted by molar-refractivity contribution is 0.00553. The highest BCUT2D eigenvalue weighted by molar-refractivity contribution is 5.68. The molecule has 23 heavy (non-hydrogen) atoms. The molecule has 5 heteroatoms. The van der Waals surface area contributed by atoms with Gasteiger partial charge in [0.05, 0.1) is 0 Å². The molecule has 0 unspecified atom stereocenters. The number of hydrogen-bond donors (Lipinski definition) is 0. The van der Waals surface area contributed by atoms with Crippen LogP contribution in [-0.4, -0.2) is 78.2 Å². The third kappa shape index (κ3) is 5.96. The summed E-state index contributed by atoms with van der Waals surface area (Å²) in [5.41, 5.74) is -0.405. The number of ether oxygens (including phenoxy) is 1. The largest absolute Gasteiger partial charge is 0.444 e. The molecule has 2 heterocycles. The Bertz CT molecular complexity index is 376. The standard InChI is InChI=1S/C18H35N3O2/c1-15(2)14-19-8-6-16(7-9-19)20-10-12-21(13-11-20)17(22)23-18(3,4)5/h15-16H,6-14H2,1-5H3. The highest BCUT2D eigenvalue weighted by atomic mass is 16.6. The van der Waals surface area contributed by atoms with Crippen molar-refractivity contribution < 1.29 is 9.53 Å². The fourth-order valence-electron chi connectivity index (χ4n) is 3.58. The van der Waals surface area contributed by atoms with Crippen molar-refractivity contribution in [3.05, 3.63) is 0 Å². The zero-order chi connectivity index (χ0) is 17.0. The maximum atomic E-state index is 12.1. The molecule has 0 atom stereocenters. The molecule has 2 fully saturated rings. The normalized spacial score (nSPS) is 22.6. The van der Waals surface area contributed by atoms with Gasteiger partial charge >= 0.3 is 6.09 Å². The second-order valence-corrected chi connectivity index (χ2v) is 8.43. The predicted molar refractivity (Wildman–Crippen MR) is 93.7 cm³/mol. The highest BCUT2D eigenvalue weighted by Gasteiger charge is 2.30. The lowest BCUT2D eigenvalue weighted by atomic mass is 10.0. The zero-order valence-electron chi connectivity index (χ0n) is 15.7. The fourth-order valence-corrected chi connectivity index (χ4v) is 3.58. The molecule has 0 aromatic heterocycles. The number of carbonyl (C=O) groups is 1. The van der Waals surface area contributed by atoms with Gasteiger partial charge in [0, 0.05) is 38.8 Å². The number of piperidine rings is 1. The summed E-state index contributed by atoms with van der Waals surface area (Å²) in [7, 11) is 0. The molecule has 2 aliphatic heterocycles. The van der Waals surface area contributed by atoms with Crippen LogP contribution in [0.3, 0.4) is 0 Å². The number of rotatable bonds is 3. The van der Waals surface area contributed by atoms with E-state index in [0.717, 1.165) is 32.1 Å². The first-order chi connectivity index (χ1) is 10.7. The van der Waals surface area contributed by atoms with E-state index in [-0.39, 0.29) is 6.09 Å². The molecule has 134 valence electrons. The summed E-state index contributed by atoms with van der Waals surface area (Å²) in [5.74, 6) is 0.754. The molecule has 0 bridgehead atoms. The van der Waals surface area contributed by atoms with Gasteiger partial charge in [0.2, 0.25) is 0 Å². The first kappa shape index (κ1) is 18.5. The van der Waals surface area contributed by atoms with Crippen LogP contribution in [0.1, 0.15) is 47.5 Å². The van der Waals surface area contributed by atoms with E-state index in [1.807, 2.05) is 25.7 Å². The van der Waals surface area contributed by atoms with Crippen LogP contribution in [0, 0.1) is 5.92 Å². The van der Waals surface area contributed by atoms with Crippen molar-refractivity contribution in [2.45, 2.75) is 59.1 Å². The molecule has 5 nitrogen and oxygen atoms in total. The van der Waals surface area contributed by atoms with E-state index in [4.69, 9.17) is 4.74 Å². The minimum Gasteiger partial charge on any atom is -0.444 e. The molecule has 0 aromatic carbocycles. The molecule has 2 aliphatic rings. The van der Waals surface area contributed by atoms with Gasteiger partial charge in [-0.2, -0.15) is 0 Å². The van der Waals surface area contributed by atoms with E-state index in [2.05, 4.69) is 23.6 Å². The number of nitrogens with zero attached hydrogens (tertiary/aromatic N) is 3. The van der Waals surface area contributed by atoms with Gasteiger partial charge in [0.1, 0.15) is 5.60 Å². The first-order valence-corrected chi connectivity index (χ1v) is 9.19. The monoisotopic (exact) mass is 325 g/mol. The average molecular weight is 325 g/mol. The molecule has 0 spiro atoms. The van der Waals surface area contributed by atoms with Gasteiger partial charge in [-0.3, -0.25) is 4.90 Å². The minimum absolute atomic E-state index is 0.163.